The van der Waals surface area contributed by atoms with Crippen molar-refractivity contribution in [2.75, 3.05) is 0 Å². The molecule has 0 aliphatic carbocycles. The molecule has 0 spiro atoms. The van der Waals surface area contributed by atoms with Crippen LogP contribution in [0, 0.1) is 0 Å². The first-order valence-corrected chi connectivity index (χ1v) is 9.28. The molecule has 1 fully saturated rings. The SMILES string of the molecule is CCCCC(C)OC(=O)CC1(SOOO)CC(CCCC)OC1=O. The fraction of sp³-hybridized carbons (Fsp3) is 0.875. The summed E-state index contributed by atoms with van der Waals surface area (Å²) < 4.78 is 14.0. The van der Waals surface area contributed by atoms with E-state index in [0.717, 1.165) is 38.5 Å². The van der Waals surface area contributed by atoms with Gasteiger partial charge in [-0.1, -0.05) is 44.6 Å². The predicted octanol–water partition coefficient (Wildman–Crippen LogP) is 3.81. The summed E-state index contributed by atoms with van der Waals surface area (Å²) in [4.78, 5) is 24.5. The molecule has 0 saturated carbocycles. The lowest BCUT2D eigenvalue weighted by Crippen LogP contribution is -2.35. The second-order valence-corrected chi connectivity index (χ2v) is 7.30. The number of carbonyl (C=O) groups is 2. The highest BCUT2D eigenvalue weighted by molar-refractivity contribution is 7.96. The number of cyclic esters (lactones) is 1. The van der Waals surface area contributed by atoms with E-state index in [0.29, 0.717) is 18.5 Å². The van der Waals surface area contributed by atoms with Gasteiger partial charge in [0.1, 0.15) is 6.10 Å². The van der Waals surface area contributed by atoms with Gasteiger partial charge in [-0.15, -0.1) is 4.33 Å². The van der Waals surface area contributed by atoms with E-state index in [-0.39, 0.29) is 18.6 Å². The molecule has 1 heterocycles. The molecule has 0 aromatic rings. The van der Waals surface area contributed by atoms with Crippen molar-refractivity contribution in [2.45, 2.75) is 89.1 Å². The van der Waals surface area contributed by atoms with Crippen molar-refractivity contribution in [3.8, 4) is 0 Å². The molecule has 3 atom stereocenters. The van der Waals surface area contributed by atoms with Crippen molar-refractivity contribution in [3.63, 3.8) is 0 Å². The predicted molar refractivity (Wildman–Crippen MR) is 88.8 cm³/mol. The van der Waals surface area contributed by atoms with Crippen LogP contribution in [0.5, 0.6) is 0 Å². The van der Waals surface area contributed by atoms with E-state index < -0.39 is 16.7 Å². The van der Waals surface area contributed by atoms with Gasteiger partial charge >= 0.3 is 11.9 Å². The van der Waals surface area contributed by atoms with Gasteiger partial charge in [0.2, 0.25) is 0 Å². The molecule has 7 nitrogen and oxygen atoms in total. The zero-order valence-corrected chi connectivity index (χ0v) is 15.4. The molecule has 0 aromatic carbocycles. The smallest absolute Gasteiger partial charge is 0.325 e. The van der Waals surface area contributed by atoms with E-state index in [2.05, 4.69) is 23.2 Å². The molecule has 24 heavy (non-hydrogen) atoms. The maximum atomic E-state index is 12.3. The molecule has 1 aliphatic rings. The highest BCUT2D eigenvalue weighted by Gasteiger charge is 2.53. The van der Waals surface area contributed by atoms with Crippen molar-refractivity contribution in [2.24, 2.45) is 0 Å². The molecule has 0 bridgehead atoms. The fourth-order valence-electron chi connectivity index (χ4n) is 2.72. The summed E-state index contributed by atoms with van der Waals surface area (Å²) in [6.45, 7) is 5.95. The zero-order valence-electron chi connectivity index (χ0n) is 14.6. The molecule has 0 radical (unpaired) electrons. The Balaban J connectivity index is 2.67. The Morgan fingerprint density at radius 2 is 2.12 bits per heavy atom. The summed E-state index contributed by atoms with van der Waals surface area (Å²) in [5.74, 6) is -1.02. The number of unbranched alkanes of at least 4 members (excludes halogenated alkanes) is 2. The van der Waals surface area contributed by atoms with Crippen LogP contribution >= 0.6 is 12.0 Å². The van der Waals surface area contributed by atoms with Gasteiger partial charge in [0.25, 0.3) is 0 Å². The standard InChI is InChI=1S/C16H28O7S/c1-4-6-8-12(3)20-14(17)11-16(24-23-22-19)10-13(9-7-5-2)21-15(16)18/h12-13,19H,4-11H2,1-3H3. The Labute approximate surface area is 147 Å². The van der Waals surface area contributed by atoms with Crippen LogP contribution in [0.1, 0.15) is 72.1 Å². The maximum Gasteiger partial charge on any atom is 0.325 e. The lowest BCUT2D eigenvalue weighted by atomic mass is 9.97. The summed E-state index contributed by atoms with van der Waals surface area (Å²) in [5.41, 5.74) is 0. The summed E-state index contributed by atoms with van der Waals surface area (Å²) in [6, 6.07) is 0. The second-order valence-electron chi connectivity index (χ2n) is 6.21. The maximum absolute atomic E-state index is 12.3. The Morgan fingerprint density at radius 3 is 2.75 bits per heavy atom. The van der Waals surface area contributed by atoms with Crippen LogP contribution in [0.3, 0.4) is 0 Å². The molecular formula is C16H28O7S. The van der Waals surface area contributed by atoms with Crippen LogP contribution in [0.4, 0.5) is 0 Å². The van der Waals surface area contributed by atoms with Crippen molar-refractivity contribution in [1.82, 2.24) is 0 Å². The minimum atomic E-state index is -1.25. The number of ether oxygens (including phenoxy) is 2. The third-order valence-corrected chi connectivity index (χ3v) is 4.96. The van der Waals surface area contributed by atoms with E-state index >= 15 is 0 Å². The minimum absolute atomic E-state index is 0.182. The number of hydrogen-bond acceptors (Lipinski definition) is 8. The zero-order chi connectivity index (χ0) is 18.0. The van der Waals surface area contributed by atoms with Crippen molar-refractivity contribution in [1.29, 1.82) is 0 Å². The molecule has 0 amide bonds. The lowest BCUT2D eigenvalue weighted by Gasteiger charge is -2.22. The quantitative estimate of drug-likeness (QED) is 0.242. The minimum Gasteiger partial charge on any atom is -0.463 e. The Morgan fingerprint density at radius 1 is 1.42 bits per heavy atom. The number of rotatable bonds is 12. The van der Waals surface area contributed by atoms with E-state index in [1.54, 1.807) is 0 Å². The summed E-state index contributed by atoms with van der Waals surface area (Å²) in [7, 11) is 0. The van der Waals surface area contributed by atoms with Crippen molar-refractivity contribution < 1.29 is 33.7 Å². The number of esters is 2. The summed E-state index contributed by atoms with van der Waals surface area (Å²) in [6.07, 6.45) is 5.08. The molecule has 1 aliphatic heterocycles. The first-order chi connectivity index (χ1) is 11.5. The van der Waals surface area contributed by atoms with E-state index in [9.17, 15) is 9.59 Å². The van der Waals surface area contributed by atoms with Gasteiger partial charge in [-0.05, 0) is 19.8 Å². The van der Waals surface area contributed by atoms with Gasteiger partial charge in [0.05, 0.1) is 24.6 Å². The highest BCUT2D eigenvalue weighted by atomic mass is 32.2. The van der Waals surface area contributed by atoms with Gasteiger partial charge in [0, 0.05) is 6.42 Å². The molecule has 0 aromatic heterocycles. The first kappa shape index (κ1) is 21.2. The van der Waals surface area contributed by atoms with Crippen molar-refractivity contribution >= 4 is 24.0 Å². The number of carbonyl (C=O) groups excluding carboxylic acids is 2. The summed E-state index contributed by atoms with van der Waals surface area (Å²) in [5, 5.41) is 12.0. The highest BCUT2D eigenvalue weighted by Crippen LogP contribution is 2.43. The number of hydrogen-bond donors (Lipinski definition) is 1. The molecular weight excluding hydrogens is 336 g/mol. The van der Waals surface area contributed by atoms with Crippen molar-refractivity contribution in [3.05, 3.63) is 0 Å². The van der Waals surface area contributed by atoms with Gasteiger partial charge in [-0.25, -0.2) is 5.26 Å². The van der Waals surface area contributed by atoms with Gasteiger partial charge in [0.15, 0.2) is 4.75 Å². The fourth-order valence-corrected chi connectivity index (χ4v) is 3.42. The lowest BCUT2D eigenvalue weighted by molar-refractivity contribution is -0.432. The molecule has 8 heteroatoms. The molecule has 1 N–H and O–H groups in total. The third kappa shape index (κ3) is 6.58. The monoisotopic (exact) mass is 364 g/mol. The van der Waals surface area contributed by atoms with Crippen LogP contribution < -0.4 is 0 Å². The molecule has 3 unspecified atom stereocenters. The average Bonchev–Trinajstić information content (AvgIpc) is 2.84. The van der Waals surface area contributed by atoms with E-state index in [1.807, 2.05) is 6.92 Å². The van der Waals surface area contributed by atoms with Gasteiger partial charge in [-0.2, -0.15) is 0 Å². The first-order valence-electron chi connectivity index (χ1n) is 8.53. The Hall–Kier alpha value is -0.830. The Bertz CT molecular complexity index is 404. The van der Waals surface area contributed by atoms with Gasteiger partial charge < -0.3 is 9.47 Å². The molecule has 1 rings (SSSR count). The van der Waals surface area contributed by atoms with Gasteiger partial charge in [-0.3, -0.25) is 9.59 Å². The van der Waals surface area contributed by atoms with E-state index in [4.69, 9.17) is 14.7 Å². The Kier molecular flexibility index (Phi) is 9.65. The van der Waals surface area contributed by atoms with Crippen LogP contribution in [-0.2, 0) is 28.4 Å². The van der Waals surface area contributed by atoms with Crippen LogP contribution in [-0.4, -0.2) is 34.2 Å². The normalized spacial score (nSPS) is 24.7. The largest absolute Gasteiger partial charge is 0.463 e. The summed E-state index contributed by atoms with van der Waals surface area (Å²) >= 11 is 0.602. The van der Waals surface area contributed by atoms with Crippen LogP contribution in [0.2, 0.25) is 0 Å². The van der Waals surface area contributed by atoms with Crippen LogP contribution in [0.25, 0.3) is 0 Å². The second kappa shape index (κ2) is 10.9. The molecule has 140 valence electrons. The van der Waals surface area contributed by atoms with E-state index in [1.165, 1.54) is 0 Å². The third-order valence-electron chi connectivity index (χ3n) is 4.03. The topological polar surface area (TPSA) is 91.3 Å². The molecule has 1 saturated heterocycles. The average molecular weight is 364 g/mol. The van der Waals surface area contributed by atoms with Crippen LogP contribution in [0.15, 0.2) is 0 Å².